The molecule has 0 radical (unpaired) electrons. The van der Waals surface area contributed by atoms with Gasteiger partial charge >= 0.3 is 112 Å². The Balaban J connectivity index is -0.00000127. The fraction of sp³-hybridized carbons (Fsp3) is 0.667. The Kier molecular flexibility index (Phi) is 17.5. The van der Waals surface area contributed by atoms with Gasteiger partial charge in [-0.3, -0.25) is 18.2 Å². The molecule has 2 aromatic heterocycles. The molecule has 6 N–H and O–H groups in total. The summed E-state index contributed by atoms with van der Waals surface area (Å²) in [7, 11) is -16.4. The molecule has 3 heterocycles. The molecule has 2 aromatic rings. The van der Waals surface area contributed by atoms with Gasteiger partial charge in [-0.15, -0.1) is 0 Å². The van der Waals surface area contributed by atoms with Crippen LogP contribution in [0.3, 0.4) is 0 Å². The van der Waals surface area contributed by atoms with Gasteiger partial charge in [0.15, 0.2) is 23.2 Å². The molecule has 0 bridgehead atoms. The number of rotatable bonds is 11. The molecule has 6 atom stereocenters. The Morgan fingerprint density at radius 3 is 2.15 bits per heavy atom. The number of alkyl halides is 2. The summed E-state index contributed by atoms with van der Waals surface area (Å²) in [5.74, 6) is 0.540. The van der Waals surface area contributed by atoms with E-state index in [2.05, 4.69) is 55.6 Å². The van der Waals surface area contributed by atoms with Crippen LogP contribution in [0.4, 0.5) is 5.82 Å². The number of hydrogen-bond acceptors (Lipinski definition) is 12. The van der Waals surface area contributed by atoms with Crippen molar-refractivity contribution in [3.8, 4) is 0 Å². The number of imidazole rings is 1. The average Bonchev–Trinajstić information content (AvgIpc) is 3.33. The van der Waals surface area contributed by atoms with E-state index in [0.29, 0.717) is 24.4 Å². The number of anilines is 1. The van der Waals surface area contributed by atoms with E-state index in [4.69, 9.17) is 4.74 Å². The average molecular weight is 791 g/mol. The molecule has 1 aliphatic rings. The number of hydrogen-bond donors (Lipinski definition) is 6. The first-order valence-corrected chi connectivity index (χ1v) is 16.6. The third kappa shape index (κ3) is 9.13. The van der Waals surface area contributed by atoms with Crippen molar-refractivity contribution in [2.24, 2.45) is 0 Å². The molecule has 1 fully saturated rings. The van der Waals surface area contributed by atoms with Gasteiger partial charge in [0.05, 0.1) is 12.9 Å². The summed E-state index contributed by atoms with van der Waals surface area (Å²) in [6, 6.07) is 0. The van der Waals surface area contributed by atoms with Crippen molar-refractivity contribution in [3.05, 3.63) is 12.7 Å². The van der Waals surface area contributed by atoms with Crippen LogP contribution in [0.5, 0.6) is 0 Å². The standard InChI is InChI=1S/C15H24Br2N5O12P3.3Na.3H/c1-3-21(4-2)12-9-13(19-6-18-12)22(7-20-9)14-11(24)10(23)8(33-14)5-32-37(30,31)34-36(28,29)15(16,17)35(25,26)27;;;;;;/h6-8,10-11,14,23-24H,3-5H2,1-2H3,(H,28,29)(H,30,31)(H2,25,26,27);;;;;;/q;3*+1;3*-1/t8-,10+,11?,14-;;;;;;/m1....../s1. The summed E-state index contributed by atoms with van der Waals surface area (Å²) in [5.41, 5.74) is 0.678. The second-order valence-electron chi connectivity index (χ2n) is 7.66. The molecule has 0 spiro atoms. The van der Waals surface area contributed by atoms with Gasteiger partial charge in [0.1, 0.15) is 24.6 Å². The molecule has 0 aromatic carbocycles. The van der Waals surface area contributed by atoms with Crippen LogP contribution in [0.25, 0.3) is 11.2 Å². The number of halogens is 2. The summed E-state index contributed by atoms with van der Waals surface area (Å²) in [6.07, 6.45) is -3.33. The first-order valence-electron chi connectivity index (χ1n) is 10.4. The Morgan fingerprint density at radius 1 is 1.05 bits per heavy atom. The zero-order valence-electron chi connectivity index (χ0n) is 25.1. The molecule has 3 unspecified atom stereocenters. The summed E-state index contributed by atoms with van der Waals surface area (Å²) in [4.78, 5) is 52.8. The molecule has 1 aliphatic heterocycles. The Bertz CT molecular complexity index is 1300. The second-order valence-corrected chi connectivity index (χ2v) is 19.2. The van der Waals surface area contributed by atoms with E-state index in [-0.39, 0.29) is 98.6 Å². The van der Waals surface area contributed by atoms with E-state index < -0.39 is 56.9 Å². The van der Waals surface area contributed by atoms with Gasteiger partial charge in [0.2, 0.25) is 0 Å². The van der Waals surface area contributed by atoms with Gasteiger partial charge in [0.25, 0.3) is 2.72 Å². The summed E-state index contributed by atoms with van der Waals surface area (Å²) >= 11 is 4.58. The minimum Gasteiger partial charge on any atom is -1.00 e. The maximum Gasteiger partial charge on any atom is 1.00 e. The van der Waals surface area contributed by atoms with Crippen LogP contribution >= 0.6 is 54.9 Å². The summed E-state index contributed by atoms with van der Waals surface area (Å²) in [5, 5.41) is 21.0. The van der Waals surface area contributed by atoms with Crippen molar-refractivity contribution in [3.63, 3.8) is 0 Å². The van der Waals surface area contributed by atoms with E-state index in [9.17, 15) is 43.5 Å². The molecule has 0 aliphatic carbocycles. The minimum atomic E-state index is -5.58. The van der Waals surface area contributed by atoms with Crippen LogP contribution in [0.2, 0.25) is 0 Å². The van der Waals surface area contributed by atoms with E-state index in [1.807, 2.05) is 18.7 Å². The van der Waals surface area contributed by atoms with Gasteiger partial charge in [-0.25, -0.2) is 23.8 Å². The van der Waals surface area contributed by atoms with Gasteiger partial charge in [-0.1, -0.05) is 0 Å². The zero-order valence-corrected chi connectivity index (χ0v) is 33.9. The van der Waals surface area contributed by atoms with Crippen molar-refractivity contribution in [2.75, 3.05) is 24.6 Å². The molecule has 25 heteroatoms. The molecule has 216 valence electrons. The predicted molar refractivity (Wildman–Crippen MR) is 137 cm³/mol. The Morgan fingerprint density at radius 2 is 1.62 bits per heavy atom. The number of nitrogens with zero attached hydrogens (tertiary/aromatic N) is 5. The van der Waals surface area contributed by atoms with Crippen molar-refractivity contribution < 1.29 is 150 Å². The topological polar surface area (TPSA) is 247 Å². The zero-order chi connectivity index (χ0) is 28.0. The Hall–Kier alpha value is 2.64. The van der Waals surface area contributed by atoms with Crippen LogP contribution in [-0.2, 0) is 27.3 Å². The van der Waals surface area contributed by atoms with Crippen molar-refractivity contribution in [1.82, 2.24) is 19.5 Å². The normalized spacial score (nSPS) is 24.2. The molecular weight excluding hydrogens is 764 g/mol. The van der Waals surface area contributed by atoms with Crippen molar-refractivity contribution in [1.29, 1.82) is 0 Å². The number of fused-ring (bicyclic) bond motifs is 1. The summed E-state index contributed by atoms with van der Waals surface area (Å²) < 4.78 is 48.5. The third-order valence-corrected chi connectivity index (χ3v) is 15.9. The van der Waals surface area contributed by atoms with E-state index >= 15 is 0 Å². The molecular formula is C15H27Br2N5Na3O12P3. The number of ether oxygens (including phenoxy) is 1. The predicted octanol–water partition coefficient (Wildman–Crippen LogP) is -7.46. The van der Waals surface area contributed by atoms with E-state index in [1.165, 1.54) is 17.2 Å². The van der Waals surface area contributed by atoms with Crippen LogP contribution < -0.4 is 93.6 Å². The van der Waals surface area contributed by atoms with E-state index in [0.717, 1.165) is 0 Å². The van der Waals surface area contributed by atoms with Crippen molar-refractivity contribution in [2.45, 2.75) is 41.1 Å². The maximum atomic E-state index is 12.2. The largest absolute Gasteiger partial charge is 1.00 e. The third-order valence-electron chi connectivity index (χ3n) is 5.32. The number of phosphoric ester groups is 1. The molecule has 17 nitrogen and oxygen atoms in total. The first kappa shape index (κ1) is 42.6. The van der Waals surface area contributed by atoms with Crippen LogP contribution in [-0.4, -0.2) is 90.0 Å². The van der Waals surface area contributed by atoms with Crippen LogP contribution in [0.1, 0.15) is 24.4 Å². The quantitative estimate of drug-likeness (QED) is 0.0703. The fourth-order valence-corrected chi connectivity index (χ4v) is 8.27. The molecule has 0 amide bonds. The minimum absolute atomic E-state index is 0. The van der Waals surface area contributed by atoms with Crippen LogP contribution in [0.15, 0.2) is 12.7 Å². The van der Waals surface area contributed by atoms with E-state index in [1.54, 1.807) is 0 Å². The molecule has 1 saturated heterocycles. The number of phosphoric acid groups is 1. The molecule has 40 heavy (non-hydrogen) atoms. The Labute approximate surface area is 316 Å². The van der Waals surface area contributed by atoms with Gasteiger partial charge in [-0.05, 0) is 45.7 Å². The second kappa shape index (κ2) is 16.5. The fourth-order valence-electron chi connectivity index (χ4n) is 3.42. The first-order chi connectivity index (χ1) is 17.0. The molecule has 0 saturated carbocycles. The van der Waals surface area contributed by atoms with Gasteiger partial charge in [-0.2, -0.15) is 0 Å². The number of aliphatic hydroxyl groups excluding tert-OH is 2. The summed E-state index contributed by atoms with van der Waals surface area (Å²) in [6.45, 7) is 4.21. The number of aromatic nitrogens is 4. The van der Waals surface area contributed by atoms with Gasteiger partial charge in [0, 0.05) is 13.1 Å². The van der Waals surface area contributed by atoms with Crippen LogP contribution in [0, 0.1) is 0 Å². The van der Waals surface area contributed by atoms with Gasteiger partial charge < -0.3 is 43.7 Å². The monoisotopic (exact) mass is 789 g/mol. The maximum absolute atomic E-state index is 12.2. The smallest absolute Gasteiger partial charge is 1.00 e. The van der Waals surface area contributed by atoms with Crippen molar-refractivity contribution >= 4 is 71.9 Å². The molecule has 3 rings (SSSR count). The SMILES string of the molecule is CCN(CC)c1ncnc2c1ncn2[C@@H]1O[C@H](COP(=O)(O)OP(=O)(O)C(Br)(Br)P(=O)(O)O)[C@H](O)C1O.[H-].[H-].[H-].[Na+].[Na+].[Na+]. The number of aliphatic hydroxyl groups is 2.